The van der Waals surface area contributed by atoms with Gasteiger partial charge < -0.3 is 10.2 Å². The van der Waals surface area contributed by atoms with Crippen molar-refractivity contribution >= 4 is 40.5 Å². The highest BCUT2D eigenvalue weighted by atomic mass is 35.5. The number of halogens is 2. The van der Waals surface area contributed by atoms with Crippen LogP contribution in [0.5, 0.6) is 0 Å². The molecule has 1 aliphatic rings. The van der Waals surface area contributed by atoms with Gasteiger partial charge in [-0.05, 0) is 37.1 Å². The first-order valence-electron chi connectivity index (χ1n) is 7.26. The summed E-state index contributed by atoms with van der Waals surface area (Å²) in [7, 11) is 0. The predicted molar refractivity (Wildman–Crippen MR) is 92.3 cm³/mol. The largest absolute Gasteiger partial charge is 0.369 e. The van der Waals surface area contributed by atoms with Crippen molar-refractivity contribution < 1.29 is 4.79 Å². The molecule has 0 unspecified atom stereocenters. The van der Waals surface area contributed by atoms with Crippen LogP contribution in [-0.4, -0.2) is 19.0 Å². The van der Waals surface area contributed by atoms with Gasteiger partial charge in [-0.2, -0.15) is 0 Å². The molecule has 2 aromatic rings. The van der Waals surface area contributed by atoms with E-state index in [1.54, 1.807) is 24.3 Å². The van der Waals surface area contributed by atoms with Crippen LogP contribution in [-0.2, 0) is 0 Å². The van der Waals surface area contributed by atoms with Crippen LogP contribution in [0.2, 0.25) is 10.0 Å². The lowest BCUT2D eigenvalue weighted by atomic mass is 10.2. The molecule has 0 saturated carbocycles. The summed E-state index contributed by atoms with van der Waals surface area (Å²) >= 11 is 12.4. The summed E-state index contributed by atoms with van der Waals surface area (Å²) in [4.78, 5) is 14.7. The second-order valence-electron chi connectivity index (χ2n) is 5.26. The molecule has 0 aliphatic carbocycles. The maximum Gasteiger partial charge on any atom is 0.257 e. The van der Waals surface area contributed by atoms with Gasteiger partial charge in [-0.1, -0.05) is 41.4 Å². The van der Waals surface area contributed by atoms with Crippen LogP contribution in [0.15, 0.2) is 42.5 Å². The zero-order chi connectivity index (χ0) is 15.5. The standard InChI is InChI=1S/C17H16Cl2N2O/c18-13-7-2-1-6-12(13)17(22)20-15-9-5-8-14(19)16(15)21-10-3-4-11-21/h1-2,5-9H,3-4,10-11H2,(H,20,22). The first-order valence-corrected chi connectivity index (χ1v) is 8.02. The van der Waals surface area contributed by atoms with Gasteiger partial charge in [-0.3, -0.25) is 4.79 Å². The second-order valence-corrected chi connectivity index (χ2v) is 6.08. The summed E-state index contributed by atoms with van der Waals surface area (Å²) in [5.74, 6) is -0.228. The van der Waals surface area contributed by atoms with E-state index in [1.807, 2.05) is 18.2 Å². The SMILES string of the molecule is O=C(Nc1cccc(Cl)c1N1CCCC1)c1ccccc1Cl. The molecule has 3 nitrogen and oxygen atoms in total. The number of nitrogens with zero attached hydrogens (tertiary/aromatic N) is 1. The molecule has 0 bridgehead atoms. The first-order chi connectivity index (χ1) is 10.7. The fraction of sp³-hybridized carbons (Fsp3) is 0.235. The fourth-order valence-electron chi connectivity index (χ4n) is 2.71. The van der Waals surface area contributed by atoms with E-state index in [9.17, 15) is 4.79 Å². The first kappa shape index (κ1) is 15.2. The maximum atomic E-state index is 12.5. The Labute approximate surface area is 139 Å². The summed E-state index contributed by atoms with van der Waals surface area (Å²) in [6.07, 6.45) is 2.28. The minimum atomic E-state index is -0.228. The molecule has 0 radical (unpaired) electrons. The highest BCUT2D eigenvalue weighted by molar-refractivity contribution is 6.35. The van der Waals surface area contributed by atoms with Gasteiger partial charge in [-0.25, -0.2) is 0 Å². The molecule has 2 aromatic carbocycles. The highest BCUT2D eigenvalue weighted by Gasteiger charge is 2.20. The monoisotopic (exact) mass is 334 g/mol. The van der Waals surface area contributed by atoms with Crippen molar-refractivity contribution in [3.05, 3.63) is 58.1 Å². The number of amides is 1. The molecule has 0 aromatic heterocycles. The lowest BCUT2D eigenvalue weighted by Crippen LogP contribution is -2.21. The van der Waals surface area contributed by atoms with Crippen molar-refractivity contribution in [2.75, 3.05) is 23.3 Å². The second kappa shape index (κ2) is 6.59. The van der Waals surface area contributed by atoms with Gasteiger partial charge in [0.1, 0.15) is 0 Å². The van der Waals surface area contributed by atoms with Gasteiger partial charge in [0.2, 0.25) is 0 Å². The average molecular weight is 335 g/mol. The van der Waals surface area contributed by atoms with Gasteiger partial charge in [0.25, 0.3) is 5.91 Å². The van der Waals surface area contributed by atoms with Crippen LogP contribution in [0.4, 0.5) is 11.4 Å². The van der Waals surface area contributed by atoms with Gasteiger partial charge >= 0.3 is 0 Å². The molecular formula is C17H16Cl2N2O. The Balaban J connectivity index is 1.91. The van der Waals surface area contributed by atoms with Crippen LogP contribution in [0, 0.1) is 0 Å². The Kier molecular flexibility index (Phi) is 4.55. The van der Waals surface area contributed by atoms with E-state index < -0.39 is 0 Å². The van der Waals surface area contributed by atoms with Gasteiger partial charge in [-0.15, -0.1) is 0 Å². The minimum absolute atomic E-state index is 0.228. The van der Waals surface area contributed by atoms with Crippen LogP contribution in [0.1, 0.15) is 23.2 Å². The molecule has 1 N–H and O–H groups in total. The molecule has 3 rings (SSSR count). The highest BCUT2D eigenvalue weighted by Crippen LogP contribution is 2.36. The number of carbonyl (C=O) groups excluding carboxylic acids is 1. The summed E-state index contributed by atoms with van der Waals surface area (Å²) in [5.41, 5.74) is 2.07. The zero-order valence-electron chi connectivity index (χ0n) is 12.0. The van der Waals surface area contributed by atoms with Crippen molar-refractivity contribution in [3.63, 3.8) is 0 Å². The molecule has 22 heavy (non-hydrogen) atoms. The third-order valence-corrected chi connectivity index (χ3v) is 4.41. The van der Waals surface area contributed by atoms with E-state index in [4.69, 9.17) is 23.2 Å². The van der Waals surface area contributed by atoms with Crippen LogP contribution in [0.25, 0.3) is 0 Å². The number of rotatable bonds is 3. The molecule has 1 saturated heterocycles. The molecule has 1 fully saturated rings. The summed E-state index contributed by atoms with van der Waals surface area (Å²) in [5, 5.41) is 4.02. The van der Waals surface area contributed by atoms with Crippen molar-refractivity contribution in [2.24, 2.45) is 0 Å². The Hall–Kier alpha value is -1.71. The Bertz CT molecular complexity index is 697. The van der Waals surface area contributed by atoms with Crippen LogP contribution < -0.4 is 10.2 Å². The zero-order valence-corrected chi connectivity index (χ0v) is 13.5. The topological polar surface area (TPSA) is 32.3 Å². The quantitative estimate of drug-likeness (QED) is 0.870. The third-order valence-electron chi connectivity index (χ3n) is 3.78. The van der Waals surface area contributed by atoms with Gasteiger partial charge in [0.15, 0.2) is 0 Å². The number of anilines is 2. The van der Waals surface area contributed by atoms with E-state index in [0.29, 0.717) is 15.6 Å². The van der Waals surface area contributed by atoms with Gasteiger partial charge in [0.05, 0.1) is 27.0 Å². The molecule has 5 heteroatoms. The smallest absolute Gasteiger partial charge is 0.257 e. The number of hydrogen-bond acceptors (Lipinski definition) is 2. The van der Waals surface area contributed by atoms with Gasteiger partial charge in [0, 0.05) is 13.1 Å². The lowest BCUT2D eigenvalue weighted by molar-refractivity contribution is 0.102. The predicted octanol–water partition coefficient (Wildman–Crippen LogP) is 4.85. The minimum Gasteiger partial charge on any atom is -0.369 e. The van der Waals surface area contributed by atoms with E-state index in [-0.39, 0.29) is 5.91 Å². The van der Waals surface area contributed by atoms with Crippen molar-refractivity contribution in [3.8, 4) is 0 Å². The number of carbonyl (C=O) groups is 1. The molecule has 114 valence electrons. The molecule has 1 amide bonds. The third kappa shape index (κ3) is 3.06. The average Bonchev–Trinajstić information content (AvgIpc) is 3.01. The van der Waals surface area contributed by atoms with E-state index in [1.165, 1.54) is 0 Å². The van der Waals surface area contributed by atoms with Crippen molar-refractivity contribution in [1.82, 2.24) is 0 Å². The molecule has 0 spiro atoms. The maximum absolute atomic E-state index is 12.5. The molecule has 0 atom stereocenters. The normalized spacial score (nSPS) is 14.2. The van der Waals surface area contributed by atoms with Crippen LogP contribution in [0.3, 0.4) is 0 Å². The molecule has 1 heterocycles. The lowest BCUT2D eigenvalue weighted by Gasteiger charge is -2.23. The fourth-order valence-corrected chi connectivity index (χ4v) is 3.23. The summed E-state index contributed by atoms with van der Waals surface area (Å²) in [6, 6.07) is 12.6. The molecular weight excluding hydrogens is 319 g/mol. The Morgan fingerprint density at radius 3 is 2.36 bits per heavy atom. The van der Waals surface area contributed by atoms with Crippen molar-refractivity contribution in [2.45, 2.75) is 12.8 Å². The Morgan fingerprint density at radius 1 is 0.955 bits per heavy atom. The van der Waals surface area contributed by atoms with Crippen molar-refractivity contribution in [1.29, 1.82) is 0 Å². The van der Waals surface area contributed by atoms with E-state index in [2.05, 4.69) is 10.2 Å². The number of para-hydroxylation sites is 1. The summed E-state index contributed by atoms with van der Waals surface area (Å²) in [6.45, 7) is 1.91. The number of hydrogen-bond donors (Lipinski definition) is 1. The van der Waals surface area contributed by atoms with E-state index in [0.717, 1.165) is 37.3 Å². The number of benzene rings is 2. The molecule has 1 aliphatic heterocycles. The Morgan fingerprint density at radius 2 is 1.64 bits per heavy atom. The summed E-state index contributed by atoms with van der Waals surface area (Å²) < 4.78 is 0. The van der Waals surface area contributed by atoms with E-state index >= 15 is 0 Å². The van der Waals surface area contributed by atoms with Crippen LogP contribution >= 0.6 is 23.2 Å². The number of nitrogens with one attached hydrogen (secondary N) is 1.